The third kappa shape index (κ3) is 78.0. The van der Waals surface area contributed by atoms with Crippen molar-refractivity contribution in [1.29, 1.82) is 0 Å². The minimum Gasteiger partial charge on any atom is -0.462 e. The first kappa shape index (κ1) is 101. The van der Waals surface area contributed by atoms with Crippen molar-refractivity contribution < 1.29 is 80.2 Å². The van der Waals surface area contributed by atoms with E-state index in [4.69, 9.17) is 37.0 Å². The molecule has 103 heavy (non-hydrogen) atoms. The Bertz CT molecular complexity index is 1960. The van der Waals surface area contributed by atoms with E-state index in [2.05, 4.69) is 34.6 Å². The van der Waals surface area contributed by atoms with Crippen LogP contribution in [-0.2, 0) is 65.4 Å². The van der Waals surface area contributed by atoms with E-state index in [0.717, 1.165) is 95.8 Å². The number of phosphoric acid groups is 2. The number of unbranched alkanes of at least 4 members (excludes halogenated alkanes) is 56. The lowest BCUT2D eigenvalue weighted by atomic mass is 10.0. The van der Waals surface area contributed by atoms with Crippen molar-refractivity contribution in [2.75, 3.05) is 39.6 Å². The van der Waals surface area contributed by atoms with E-state index in [1.54, 1.807) is 0 Å². The average molecular weight is 1510 g/mol. The zero-order chi connectivity index (χ0) is 75.5. The zero-order valence-corrected chi connectivity index (χ0v) is 69.3. The largest absolute Gasteiger partial charge is 0.472 e. The highest BCUT2D eigenvalue weighted by atomic mass is 31.2. The summed E-state index contributed by atoms with van der Waals surface area (Å²) in [4.78, 5) is 73.1. The topological polar surface area (TPSA) is 237 Å². The number of esters is 4. The van der Waals surface area contributed by atoms with Crippen LogP contribution < -0.4 is 0 Å². The molecule has 0 aliphatic rings. The van der Waals surface area contributed by atoms with Crippen LogP contribution in [0.3, 0.4) is 0 Å². The van der Waals surface area contributed by atoms with Crippen molar-refractivity contribution in [2.24, 2.45) is 5.92 Å². The highest BCUT2D eigenvalue weighted by molar-refractivity contribution is 7.47. The van der Waals surface area contributed by atoms with Gasteiger partial charge in [-0.3, -0.25) is 37.3 Å². The van der Waals surface area contributed by atoms with Gasteiger partial charge in [-0.1, -0.05) is 401 Å². The first-order valence-electron chi connectivity index (χ1n) is 43.6. The molecule has 0 bridgehead atoms. The number of ether oxygens (including phenoxy) is 4. The number of hydrogen-bond acceptors (Lipinski definition) is 15. The Morgan fingerprint density at radius 2 is 0.447 bits per heavy atom. The second kappa shape index (κ2) is 76.8. The fourth-order valence-electron chi connectivity index (χ4n) is 13.1. The predicted octanol–water partition coefficient (Wildman–Crippen LogP) is 25.6. The molecule has 0 aromatic carbocycles. The zero-order valence-electron chi connectivity index (χ0n) is 67.5. The highest BCUT2D eigenvalue weighted by Crippen LogP contribution is 2.45. The van der Waals surface area contributed by atoms with Crippen molar-refractivity contribution in [3.63, 3.8) is 0 Å². The molecular weight excluding hydrogens is 1340 g/mol. The van der Waals surface area contributed by atoms with Crippen molar-refractivity contribution >= 4 is 39.5 Å². The second-order valence-corrected chi connectivity index (χ2v) is 33.6. The maximum atomic E-state index is 13.1. The van der Waals surface area contributed by atoms with Crippen LogP contribution in [-0.4, -0.2) is 96.7 Å². The fourth-order valence-corrected chi connectivity index (χ4v) is 14.7. The van der Waals surface area contributed by atoms with E-state index in [1.165, 1.54) is 276 Å². The molecule has 2 unspecified atom stereocenters. The molecule has 5 atom stereocenters. The number of phosphoric ester groups is 2. The number of rotatable bonds is 84. The van der Waals surface area contributed by atoms with Crippen LogP contribution in [0.2, 0.25) is 0 Å². The molecule has 0 fully saturated rings. The lowest BCUT2D eigenvalue weighted by molar-refractivity contribution is -0.161. The van der Waals surface area contributed by atoms with E-state index in [1.807, 2.05) is 0 Å². The molecule has 0 saturated heterocycles. The van der Waals surface area contributed by atoms with Crippen LogP contribution in [0.1, 0.15) is 452 Å². The molecule has 0 aliphatic carbocycles. The third-order valence-electron chi connectivity index (χ3n) is 19.8. The fraction of sp³-hybridized carbons (Fsp3) is 0.952. The van der Waals surface area contributed by atoms with Crippen molar-refractivity contribution in [2.45, 2.75) is 470 Å². The van der Waals surface area contributed by atoms with E-state index >= 15 is 0 Å². The molecule has 0 aromatic rings. The molecule has 0 radical (unpaired) electrons. The highest BCUT2D eigenvalue weighted by Gasteiger charge is 2.30. The van der Waals surface area contributed by atoms with Crippen molar-refractivity contribution in [1.82, 2.24) is 0 Å². The van der Waals surface area contributed by atoms with Crippen molar-refractivity contribution in [3.05, 3.63) is 0 Å². The Hall–Kier alpha value is -1.94. The first-order chi connectivity index (χ1) is 50.0. The van der Waals surface area contributed by atoms with Crippen LogP contribution in [0.4, 0.5) is 0 Å². The van der Waals surface area contributed by atoms with Gasteiger partial charge in [0.15, 0.2) is 12.2 Å². The van der Waals surface area contributed by atoms with Gasteiger partial charge in [0.2, 0.25) is 0 Å². The van der Waals surface area contributed by atoms with Gasteiger partial charge in [0.25, 0.3) is 0 Å². The molecule has 0 aliphatic heterocycles. The first-order valence-corrected chi connectivity index (χ1v) is 46.6. The maximum absolute atomic E-state index is 13.1. The predicted molar refractivity (Wildman–Crippen MR) is 423 cm³/mol. The van der Waals surface area contributed by atoms with Crippen molar-refractivity contribution in [3.8, 4) is 0 Å². The molecule has 3 N–H and O–H groups in total. The summed E-state index contributed by atoms with van der Waals surface area (Å²) in [7, 11) is -9.92. The minimum atomic E-state index is -4.96. The molecule has 0 aromatic heterocycles. The van der Waals surface area contributed by atoms with E-state index in [-0.39, 0.29) is 25.7 Å². The Kier molecular flexibility index (Phi) is 75.4. The van der Waals surface area contributed by atoms with Crippen LogP contribution >= 0.6 is 15.6 Å². The van der Waals surface area contributed by atoms with Crippen LogP contribution in [0.5, 0.6) is 0 Å². The van der Waals surface area contributed by atoms with Gasteiger partial charge in [-0.2, -0.15) is 0 Å². The summed E-state index contributed by atoms with van der Waals surface area (Å²) in [6, 6.07) is 0. The average Bonchev–Trinajstić information content (AvgIpc) is 0.915. The molecular formula is C84H164O17P2. The van der Waals surface area contributed by atoms with Gasteiger partial charge in [-0.05, 0) is 31.6 Å². The van der Waals surface area contributed by atoms with Gasteiger partial charge in [-0.25, -0.2) is 9.13 Å². The monoisotopic (exact) mass is 1510 g/mol. The van der Waals surface area contributed by atoms with Gasteiger partial charge in [0.05, 0.1) is 26.4 Å². The third-order valence-corrected chi connectivity index (χ3v) is 21.7. The number of carbonyl (C=O) groups is 4. The van der Waals surface area contributed by atoms with Gasteiger partial charge in [0, 0.05) is 25.7 Å². The Labute approximate surface area is 632 Å². The molecule has 19 heteroatoms. The molecule has 17 nitrogen and oxygen atoms in total. The molecule has 0 saturated carbocycles. The maximum Gasteiger partial charge on any atom is 0.472 e. The number of hydrogen-bond donors (Lipinski definition) is 3. The normalized spacial score (nSPS) is 13.8. The summed E-state index contributed by atoms with van der Waals surface area (Å²) in [5.74, 6) is -1.31. The van der Waals surface area contributed by atoms with Gasteiger partial charge < -0.3 is 33.8 Å². The van der Waals surface area contributed by atoms with Crippen LogP contribution in [0.15, 0.2) is 0 Å². The number of aliphatic hydroxyl groups excluding tert-OH is 1. The van der Waals surface area contributed by atoms with Gasteiger partial charge in [0.1, 0.15) is 19.3 Å². The summed E-state index contributed by atoms with van der Waals surface area (Å²) >= 11 is 0. The molecule has 0 heterocycles. The molecule has 0 amide bonds. The summed E-state index contributed by atoms with van der Waals surface area (Å²) in [5, 5.41) is 10.7. The Morgan fingerprint density at radius 3 is 0.660 bits per heavy atom. The molecule has 0 spiro atoms. The van der Waals surface area contributed by atoms with Gasteiger partial charge in [-0.15, -0.1) is 0 Å². The molecule has 612 valence electrons. The lowest BCUT2D eigenvalue weighted by Crippen LogP contribution is -2.30. The Balaban J connectivity index is 5.22. The second-order valence-electron chi connectivity index (χ2n) is 30.7. The summed E-state index contributed by atoms with van der Waals surface area (Å²) < 4.78 is 68.8. The SMILES string of the molecule is CCCCCCCCCCCCCCCCCCCCCCCCC(=O)O[C@H](COC(=O)CCCCCCCCCCCCCCCC(C)C)COP(=O)(O)OC[C@@H](O)COP(=O)(O)OC[C@@H](COC(=O)CCCCCCCCCCCCCC)OC(=O)CCCCCCCCCCCCCCC. The summed E-state index contributed by atoms with van der Waals surface area (Å²) in [6.07, 6.45) is 69.4. The molecule has 0 rings (SSSR count). The summed E-state index contributed by atoms with van der Waals surface area (Å²) in [5.41, 5.74) is 0. The quantitative estimate of drug-likeness (QED) is 0.0222. The lowest BCUT2D eigenvalue weighted by Gasteiger charge is -2.21. The van der Waals surface area contributed by atoms with Gasteiger partial charge >= 0.3 is 39.5 Å². The van der Waals surface area contributed by atoms with E-state index < -0.39 is 97.5 Å². The van der Waals surface area contributed by atoms with Crippen LogP contribution in [0, 0.1) is 5.92 Å². The minimum absolute atomic E-state index is 0.108. The smallest absolute Gasteiger partial charge is 0.462 e. The summed E-state index contributed by atoms with van der Waals surface area (Å²) in [6.45, 7) is 7.37. The standard InChI is InChI=1S/C84H164O17P2/c1-6-9-12-15-18-21-24-27-28-29-30-31-32-33-34-35-39-45-50-55-60-65-70-84(89)101-80(74-95-82(87)68-63-58-53-48-43-40-36-38-41-46-51-56-61-66-77(4)5)76-99-103(92,93)97-72-78(85)71-96-102(90,91)98-75-79(73-94-81(86)67-62-57-52-47-42-26-23-20-17-14-11-8-3)100-83(88)69-64-59-54-49-44-37-25-22-19-16-13-10-7-2/h77-80,85H,6-76H2,1-5H3,(H,90,91)(H,92,93)/t78-,79+,80+/m0/s1. The van der Waals surface area contributed by atoms with Crippen LogP contribution in [0.25, 0.3) is 0 Å². The van der Waals surface area contributed by atoms with E-state index in [9.17, 15) is 43.2 Å². The number of aliphatic hydroxyl groups is 1. The Morgan fingerprint density at radius 1 is 0.262 bits per heavy atom. The van der Waals surface area contributed by atoms with E-state index in [0.29, 0.717) is 25.7 Å². The number of carbonyl (C=O) groups excluding carboxylic acids is 4.